The van der Waals surface area contributed by atoms with Crippen molar-refractivity contribution in [3.05, 3.63) is 40.5 Å². The lowest BCUT2D eigenvalue weighted by molar-refractivity contribution is -0.0498. The van der Waals surface area contributed by atoms with Crippen molar-refractivity contribution in [3.63, 3.8) is 0 Å². The summed E-state index contributed by atoms with van der Waals surface area (Å²) in [5, 5.41) is 9.13. The second-order valence-electron chi connectivity index (χ2n) is 3.56. The second-order valence-corrected chi connectivity index (χ2v) is 5.94. The summed E-state index contributed by atoms with van der Waals surface area (Å²) >= 11 is 8.29. The second kappa shape index (κ2) is 6.88. The number of nitriles is 1. The third kappa shape index (κ3) is 3.82. The van der Waals surface area contributed by atoms with Gasteiger partial charge in [0, 0.05) is 5.75 Å². The predicted octanol–water partition coefficient (Wildman–Crippen LogP) is 4.56. The van der Waals surface area contributed by atoms with Gasteiger partial charge in [0.05, 0.1) is 0 Å². The molecule has 0 saturated heterocycles. The highest BCUT2D eigenvalue weighted by atomic mass is 35.5. The molecule has 3 nitrogen and oxygen atoms in total. The van der Waals surface area contributed by atoms with E-state index in [2.05, 4.69) is 9.11 Å². The van der Waals surface area contributed by atoms with E-state index < -0.39 is 6.61 Å². The lowest BCUT2D eigenvalue weighted by Gasteiger charge is -2.06. The van der Waals surface area contributed by atoms with Gasteiger partial charge in [-0.1, -0.05) is 23.7 Å². The zero-order valence-electron chi connectivity index (χ0n) is 9.85. The van der Waals surface area contributed by atoms with Crippen LogP contribution >= 0.6 is 34.9 Å². The fourth-order valence-corrected chi connectivity index (χ4v) is 3.51. The minimum Gasteiger partial charge on any atom is -0.435 e. The van der Waals surface area contributed by atoms with Gasteiger partial charge in [-0.3, -0.25) is 0 Å². The summed E-state index contributed by atoms with van der Waals surface area (Å²) in [5.74, 6) is 0.620. The molecule has 20 heavy (non-hydrogen) atoms. The van der Waals surface area contributed by atoms with Crippen molar-refractivity contribution in [3.8, 4) is 11.8 Å². The van der Waals surface area contributed by atoms with Crippen molar-refractivity contribution >= 4 is 34.9 Å². The number of nitrogens with zero attached hydrogens (tertiary/aromatic N) is 2. The molecule has 2 aromatic rings. The van der Waals surface area contributed by atoms with Gasteiger partial charge in [-0.2, -0.15) is 18.4 Å². The molecule has 0 amide bonds. The maximum absolute atomic E-state index is 12.1. The number of aromatic nitrogens is 1. The lowest BCUT2D eigenvalue weighted by Crippen LogP contribution is -2.01. The number of rotatable bonds is 5. The third-order valence-corrected chi connectivity index (χ3v) is 4.76. The molecule has 0 spiro atoms. The number of thioether (sulfide) groups is 1. The Bertz CT molecular complexity index is 643. The minimum atomic E-state index is -2.84. The van der Waals surface area contributed by atoms with Gasteiger partial charge in [-0.15, -0.1) is 11.8 Å². The van der Waals surface area contributed by atoms with Crippen LogP contribution < -0.4 is 4.74 Å². The Balaban J connectivity index is 2.05. The summed E-state index contributed by atoms with van der Waals surface area (Å²) in [4.78, 5) is 0. The van der Waals surface area contributed by atoms with Crippen molar-refractivity contribution in [2.75, 3.05) is 0 Å². The smallest absolute Gasteiger partial charge is 0.387 e. The fourth-order valence-electron chi connectivity index (χ4n) is 1.41. The van der Waals surface area contributed by atoms with Crippen LogP contribution in [0.15, 0.2) is 28.5 Å². The normalized spacial score (nSPS) is 10.6. The largest absolute Gasteiger partial charge is 0.435 e. The third-order valence-electron chi connectivity index (χ3n) is 2.22. The first-order chi connectivity index (χ1) is 9.60. The number of halogens is 3. The zero-order valence-corrected chi connectivity index (χ0v) is 12.2. The van der Waals surface area contributed by atoms with E-state index in [-0.39, 0.29) is 10.9 Å². The van der Waals surface area contributed by atoms with Crippen LogP contribution in [0.3, 0.4) is 0 Å². The Morgan fingerprint density at radius 1 is 1.50 bits per heavy atom. The molecule has 0 aliphatic carbocycles. The van der Waals surface area contributed by atoms with Crippen LogP contribution in [0.25, 0.3) is 0 Å². The van der Waals surface area contributed by atoms with E-state index in [1.54, 1.807) is 12.1 Å². The summed E-state index contributed by atoms with van der Waals surface area (Å²) in [5.41, 5.74) is 1.16. The van der Waals surface area contributed by atoms with Gasteiger partial charge >= 0.3 is 6.61 Å². The molecule has 0 unspecified atom stereocenters. The molecule has 1 heterocycles. The highest BCUT2D eigenvalue weighted by Crippen LogP contribution is 2.34. The van der Waals surface area contributed by atoms with Crippen molar-refractivity contribution in [1.29, 1.82) is 5.26 Å². The van der Waals surface area contributed by atoms with Crippen LogP contribution in [0.1, 0.15) is 11.1 Å². The highest BCUT2D eigenvalue weighted by Gasteiger charge is 2.12. The summed E-state index contributed by atoms with van der Waals surface area (Å²) in [6.07, 6.45) is 0. The number of ether oxygens (including phenoxy) is 1. The molecule has 0 bridgehead atoms. The maximum atomic E-state index is 12.1. The molecular formula is C12H7ClF2N2OS2. The van der Waals surface area contributed by atoms with Crippen LogP contribution in [-0.2, 0) is 5.75 Å². The van der Waals surface area contributed by atoms with E-state index in [0.717, 1.165) is 17.1 Å². The van der Waals surface area contributed by atoms with E-state index in [9.17, 15) is 8.78 Å². The number of hydrogen-bond donors (Lipinski definition) is 0. The Labute approximate surface area is 127 Å². The topological polar surface area (TPSA) is 45.9 Å². The molecule has 0 saturated carbocycles. The van der Waals surface area contributed by atoms with Crippen molar-refractivity contribution in [2.24, 2.45) is 0 Å². The monoisotopic (exact) mass is 332 g/mol. The van der Waals surface area contributed by atoms with E-state index in [0.29, 0.717) is 15.5 Å². The highest BCUT2D eigenvalue weighted by molar-refractivity contribution is 8.00. The average Bonchev–Trinajstić information content (AvgIpc) is 2.76. The molecule has 0 N–H and O–H groups in total. The van der Waals surface area contributed by atoms with Gasteiger partial charge < -0.3 is 4.74 Å². The molecule has 0 fully saturated rings. The van der Waals surface area contributed by atoms with Crippen LogP contribution in [0.5, 0.6) is 5.75 Å². The summed E-state index contributed by atoms with van der Waals surface area (Å²) < 4.78 is 33.2. The van der Waals surface area contributed by atoms with Crippen LogP contribution in [0.4, 0.5) is 8.78 Å². The molecular weight excluding hydrogens is 326 g/mol. The molecule has 2 rings (SSSR count). The van der Waals surface area contributed by atoms with Crippen molar-refractivity contribution in [2.45, 2.75) is 16.6 Å². The molecule has 8 heteroatoms. The molecule has 1 aromatic heterocycles. The molecule has 0 aliphatic rings. The predicted molar refractivity (Wildman–Crippen MR) is 74.5 cm³/mol. The quantitative estimate of drug-likeness (QED) is 0.753. The van der Waals surface area contributed by atoms with E-state index in [4.69, 9.17) is 16.9 Å². The van der Waals surface area contributed by atoms with Gasteiger partial charge in [0.1, 0.15) is 21.6 Å². The standard InChI is InChI=1S/C12H7ClF2N2OS2/c13-10-9(5-16)11(20-17-10)19-6-7-2-1-3-8(4-7)18-12(14)15/h1-4,12H,6H2. The van der Waals surface area contributed by atoms with Gasteiger partial charge in [0.2, 0.25) is 0 Å². The van der Waals surface area contributed by atoms with E-state index in [1.807, 2.05) is 6.07 Å². The number of hydrogen-bond acceptors (Lipinski definition) is 5. The van der Waals surface area contributed by atoms with Crippen molar-refractivity contribution in [1.82, 2.24) is 4.37 Å². The van der Waals surface area contributed by atoms with Gasteiger partial charge in [-0.05, 0) is 29.2 Å². The van der Waals surface area contributed by atoms with Crippen molar-refractivity contribution < 1.29 is 13.5 Å². The van der Waals surface area contributed by atoms with Gasteiger partial charge in [-0.25, -0.2) is 0 Å². The van der Waals surface area contributed by atoms with Crippen LogP contribution in [-0.4, -0.2) is 11.0 Å². The maximum Gasteiger partial charge on any atom is 0.387 e. The summed E-state index contributed by atoms with van der Waals surface area (Å²) in [6.45, 7) is -2.84. The Kier molecular flexibility index (Phi) is 5.17. The molecule has 104 valence electrons. The number of alkyl halides is 2. The van der Waals surface area contributed by atoms with Crippen LogP contribution in [0.2, 0.25) is 5.15 Å². The first-order valence-corrected chi connectivity index (χ1v) is 7.45. The SMILES string of the molecule is N#Cc1c(Cl)nsc1SCc1cccc(OC(F)F)c1. The Hall–Kier alpha value is -1.36. The Morgan fingerprint density at radius 3 is 3.00 bits per heavy atom. The number of benzene rings is 1. The lowest BCUT2D eigenvalue weighted by atomic mass is 10.2. The molecule has 0 atom stereocenters. The molecule has 0 radical (unpaired) electrons. The first-order valence-electron chi connectivity index (χ1n) is 5.32. The van der Waals surface area contributed by atoms with Crippen LogP contribution in [0, 0.1) is 11.3 Å². The summed E-state index contributed by atoms with van der Waals surface area (Å²) in [7, 11) is 0. The van der Waals surface area contributed by atoms with Gasteiger partial charge in [0.25, 0.3) is 0 Å². The van der Waals surface area contributed by atoms with E-state index in [1.165, 1.54) is 23.9 Å². The molecule has 1 aromatic carbocycles. The minimum absolute atomic E-state index is 0.112. The fraction of sp³-hybridized carbons (Fsp3) is 0.167. The van der Waals surface area contributed by atoms with Gasteiger partial charge in [0.15, 0.2) is 5.15 Å². The molecule has 0 aliphatic heterocycles. The van der Waals surface area contributed by atoms with E-state index >= 15 is 0 Å². The Morgan fingerprint density at radius 2 is 2.30 bits per heavy atom. The summed E-state index contributed by atoms with van der Waals surface area (Å²) in [6, 6.07) is 8.42. The zero-order chi connectivity index (χ0) is 14.5. The average molecular weight is 333 g/mol. The first kappa shape index (κ1) is 15.0.